The van der Waals surface area contributed by atoms with Crippen LogP contribution < -0.4 is 16.0 Å². The molecule has 20 heavy (non-hydrogen) atoms. The molecule has 0 spiro atoms. The number of methoxy groups -OCH3 is 1. The topological polar surface area (TPSA) is 47.3 Å². The van der Waals surface area contributed by atoms with Gasteiger partial charge in [0.15, 0.2) is 0 Å². The van der Waals surface area contributed by atoms with E-state index in [0.717, 1.165) is 0 Å². The quantitative estimate of drug-likeness (QED) is 0.668. The minimum absolute atomic E-state index is 0.383. The molecule has 0 heterocycles. The molecule has 0 amide bonds. The lowest BCUT2D eigenvalue weighted by molar-refractivity contribution is 0.402. The van der Waals surface area contributed by atoms with E-state index in [9.17, 15) is 4.39 Å². The standard InChI is InChI=1S/C14H13Cl2FN2O/c1-20-13-5-3-9(17)7-11(13)14(19-18)10-4-2-8(15)6-12(10)16/h2-7,14,19H,18H2,1H3. The van der Waals surface area contributed by atoms with Crippen molar-refractivity contribution >= 4 is 23.2 Å². The van der Waals surface area contributed by atoms with Crippen LogP contribution in [0.2, 0.25) is 10.0 Å². The van der Waals surface area contributed by atoms with E-state index in [1.165, 1.54) is 19.2 Å². The first-order valence-electron chi connectivity index (χ1n) is 5.81. The normalized spacial score (nSPS) is 12.2. The van der Waals surface area contributed by atoms with Crippen LogP contribution >= 0.6 is 23.2 Å². The molecule has 1 unspecified atom stereocenters. The minimum atomic E-state index is -0.509. The number of ether oxygens (including phenoxy) is 1. The predicted molar refractivity (Wildman–Crippen MR) is 78.6 cm³/mol. The van der Waals surface area contributed by atoms with Crippen molar-refractivity contribution in [2.75, 3.05) is 7.11 Å². The fourth-order valence-electron chi connectivity index (χ4n) is 2.01. The van der Waals surface area contributed by atoms with Gasteiger partial charge in [0.05, 0.1) is 13.2 Å². The van der Waals surface area contributed by atoms with Crippen LogP contribution in [-0.2, 0) is 0 Å². The summed E-state index contributed by atoms with van der Waals surface area (Å²) in [7, 11) is 1.51. The number of halogens is 3. The molecule has 106 valence electrons. The molecular formula is C14H13Cl2FN2O. The largest absolute Gasteiger partial charge is 0.496 e. The molecule has 0 aliphatic heterocycles. The molecule has 1 atom stereocenters. The van der Waals surface area contributed by atoms with Crippen LogP contribution in [0, 0.1) is 5.82 Å². The number of nitrogens with one attached hydrogen (secondary N) is 1. The Bertz CT molecular complexity index is 622. The zero-order chi connectivity index (χ0) is 14.7. The van der Waals surface area contributed by atoms with Crippen LogP contribution in [-0.4, -0.2) is 7.11 Å². The monoisotopic (exact) mass is 314 g/mol. The summed E-state index contributed by atoms with van der Waals surface area (Å²) in [6.07, 6.45) is 0. The van der Waals surface area contributed by atoms with E-state index in [2.05, 4.69) is 5.43 Å². The van der Waals surface area contributed by atoms with Crippen molar-refractivity contribution < 1.29 is 9.13 Å². The van der Waals surface area contributed by atoms with Gasteiger partial charge in [-0.1, -0.05) is 29.3 Å². The van der Waals surface area contributed by atoms with E-state index in [1.807, 2.05) is 0 Å². The lowest BCUT2D eigenvalue weighted by Gasteiger charge is -2.20. The van der Waals surface area contributed by atoms with E-state index < -0.39 is 6.04 Å². The van der Waals surface area contributed by atoms with Gasteiger partial charge in [-0.3, -0.25) is 5.84 Å². The Morgan fingerprint density at radius 2 is 1.90 bits per heavy atom. The Labute approximate surface area is 126 Å². The molecule has 0 aliphatic carbocycles. The highest BCUT2D eigenvalue weighted by Gasteiger charge is 2.20. The van der Waals surface area contributed by atoms with Gasteiger partial charge in [0, 0.05) is 15.6 Å². The fraction of sp³-hybridized carbons (Fsp3) is 0.143. The molecule has 2 aromatic carbocycles. The van der Waals surface area contributed by atoms with Crippen LogP contribution in [0.4, 0.5) is 4.39 Å². The van der Waals surface area contributed by atoms with Crippen molar-refractivity contribution in [2.24, 2.45) is 5.84 Å². The van der Waals surface area contributed by atoms with Gasteiger partial charge in [-0.15, -0.1) is 0 Å². The SMILES string of the molecule is COc1ccc(F)cc1C(NN)c1ccc(Cl)cc1Cl. The Balaban J connectivity index is 2.54. The van der Waals surface area contributed by atoms with Gasteiger partial charge in [0.1, 0.15) is 11.6 Å². The lowest BCUT2D eigenvalue weighted by Crippen LogP contribution is -2.29. The molecule has 0 fully saturated rings. The van der Waals surface area contributed by atoms with Gasteiger partial charge >= 0.3 is 0 Å². The number of hydrogen-bond acceptors (Lipinski definition) is 3. The molecule has 0 aliphatic rings. The first-order chi connectivity index (χ1) is 9.56. The highest BCUT2D eigenvalue weighted by atomic mass is 35.5. The summed E-state index contributed by atoms with van der Waals surface area (Å²) in [6, 6.07) is 8.74. The predicted octanol–water partition coefficient (Wildman–Crippen LogP) is 3.69. The van der Waals surface area contributed by atoms with Crippen LogP contribution in [0.5, 0.6) is 5.75 Å². The van der Waals surface area contributed by atoms with Gasteiger partial charge in [0.25, 0.3) is 0 Å². The van der Waals surface area contributed by atoms with Gasteiger partial charge in [-0.25, -0.2) is 9.82 Å². The Kier molecular flexibility index (Phi) is 4.83. The smallest absolute Gasteiger partial charge is 0.124 e. The summed E-state index contributed by atoms with van der Waals surface area (Å²) in [5.41, 5.74) is 3.86. The number of benzene rings is 2. The average Bonchev–Trinajstić information content (AvgIpc) is 2.42. The van der Waals surface area contributed by atoms with E-state index >= 15 is 0 Å². The second kappa shape index (κ2) is 6.41. The Morgan fingerprint density at radius 1 is 1.15 bits per heavy atom. The Hall–Kier alpha value is -1.33. The van der Waals surface area contributed by atoms with E-state index in [0.29, 0.717) is 26.9 Å². The highest BCUT2D eigenvalue weighted by molar-refractivity contribution is 6.35. The minimum Gasteiger partial charge on any atom is -0.496 e. The van der Waals surface area contributed by atoms with Gasteiger partial charge < -0.3 is 4.74 Å². The maximum Gasteiger partial charge on any atom is 0.124 e. The summed E-state index contributed by atoms with van der Waals surface area (Å²) < 4.78 is 18.7. The lowest BCUT2D eigenvalue weighted by atomic mass is 9.98. The zero-order valence-corrected chi connectivity index (χ0v) is 12.2. The molecule has 2 aromatic rings. The van der Waals surface area contributed by atoms with Crippen molar-refractivity contribution in [1.82, 2.24) is 5.43 Å². The molecule has 0 saturated heterocycles. The van der Waals surface area contributed by atoms with Gasteiger partial charge in [-0.2, -0.15) is 0 Å². The number of hydrogen-bond donors (Lipinski definition) is 2. The van der Waals surface area contributed by atoms with E-state index in [-0.39, 0.29) is 5.82 Å². The average molecular weight is 315 g/mol. The third-order valence-corrected chi connectivity index (χ3v) is 3.51. The summed E-state index contributed by atoms with van der Waals surface area (Å²) in [5.74, 6) is 5.73. The third-order valence-electron chi connectivity index (χ3n) is 2.94. The van der Waals surface area contributed by atoms with Crippen LogP contribution in [0.15, 0.2) is 36.4 Å². The zero-order valence-electron chi connectivity index (χ0n) is 10.7. The first-order valence-corrected chi connectivity index (χ1v) is 6.57. The maximum atomic E-state index is 13.5. The fourth-order valence-corrected chi connectivity index (χ4v) is 2.53. The molecule has 0 saturated carbocycles. The third kappa shape index (κ3) is 3.04. The van der Waals surface area contributed by atoms with Crippen molar-refractivity contribution in [3.05, 3.63) is 63.4 Å². The van der Waals surface area contributed by atoms with Crippen molar-refractivity contribution in [1.29, 1.82) is 0 Å². The molecule has 0 bridgehead atoms. The molecular weight excluding hydrogens is 302 g/mol. The second-order valence-corrected chi connectivity index (χ2v) is 5.00. The molecule has 0 aromatic heterocycles. The number of nitrogens with two attached hydrogens (primary N) is 1. The summed E-state index contributed by atoms with van der Waals surface area (Å²) in [5, 5.41) is 0.951. The van der Waals surface area contributed by atoms with Crippen LogP contribution in [0.3, 0.4) is 0 Å². The molecule has 6 heteroatoms. The second-order valence-electron chi connectivity index (χ2n) is 4.15. The molecule has 2 rings (SSSR count). The molecule has 0 radical (unpaired) electrons. The van der Waals surface area contributed by atoms with Gasteiger partial charge in [-0.05, 0) is 35.9 Å². The maximum absolute atomic E-state index is 13.5. The number of rotatable bonds is 4. The summed E-state index contributed by atoms with van der Waals surface area (Å²) in [4.78, 5) is 0. The van der Waals surface area contributed by atoms with Crippen LogP contribution in [0.25, 0.3) is 0 Å². The van der Waals surface area contributed by atoms with E-state index in [4.69, 9.17) is 33.8 Å². The molecule has 3 nitrogen and oxygen atoms in total. The van der Waals surface area contributed by atoms with E-state index in [1.54, 1.807) is 24.3 Å². The Morgan fingerprint density at radius 3 is 2.50 bits per heavy atom. The van der Waals surface area contributed by atoms with Gasteiger partial charge in [0.2, 0.25) is 0 Å². The number of hydrazine groups is 1. The van der Waals surface area contributed by atoms with Crippen molar-refractivity contribution in [3.8, 4) is 5.75 Å². The summed E-state index contributed by atoms with van der Waals surface area (Å²) >= 11 is 12.0. The summed E-state index contributed by atoms with van der Waals surface area (Å²) in [6.45, 7) is 0. The van der Waals surface area contributed by atoms with Crippen LogP contribution in [0.1, 0.15) is 17.2 Å². The first kappa shape index (κ1) is 15.1. The van der Waals surface area contributed by atoms with Crippen molar-refractivity contribution in [3.63, 3.8) is 0 Å². The highest BCUT2D eigenvalue weighted by Crippen LogP contribution is 2.34. The molecule has 3 N–H and O–H groups in total. The van der Waals surface area contributed by atoms with Crippen molar-refractivity contribution in [2.45, 2.75) is 6.04 Å².